The molecule has 0 aromatic heterocycles. The highest BCUT2D eigenvalue weighted by molar-refractivity contribution is 7.84. The minimum atomic E-state index is -2.87. The zero-order chi connectivity index (χ0) is 25.0. The third-order valence-corrected chi connectivity index (χ3v) is 15.7. The van der Waals surface area contributed by atoms with Crippen molar-refractivity contribution in [3.63, 3.8) is 0 Å². The van der Waals surface area contributed by atoms with Gasteiger partial charge in [-0.15, -0.1) is 0 Å². The molecule has 2 aromatic carbocycles. The zero-order valence-electron chi connectivity index (χ0n) is 22.1. The standard InChI is InChI=1S/C27H40O4P2/c1-25(2,3)32-23-18(22-19(29-10)15-13-16-20(22)30-11)14-12-17-21(23)31-24(32)33(28,26(4,5)6)27(7,8)9/h12-17,24H,1-11H3/t24?,32-/m1/s1. The Labute approximate surface area is 201 Å². The maximum atomic E-state index is 15.1. The highest BCUT2D eigenvalue weighted by Crippen LogP contribution is 2.80. The summed E-state index contributed by atoms with van der Waals surface area (Å²) in [5, 5.41) is 0.238. The summed E-state index contributed by atoms with van der Waals surface area (Å²) >= 11 is 0. The number of ether oxygens (including phenoxy) is 3. The smallest absolute Gasteiger partial charge is 0.174 e. The molecular weight excluding hydrogens is 450 g/mol. The first-order valence-corrected chi connectivity index (χ1v) is 14.7. The molecule has 33 heavy (non-hydrogen) atoms. The number of benzene rings is 2. The molecule has 1 aliphatic rings. The molecule has 0 saturated carbocycles. The Hall–Kier alpha value is -1.50. The third kappa shape index (κ3) is 4.23. The van der Waals surface area contributed by atoms with Crippen LogP contribution >= 0.6 is 15.1 Å². The Morgan fingerprint density at radius 2 is 1.30 bits per heavy atom. The molecule has 0 amide bonds. The molecule has 4 nitrogen and oxygen atoms in total. The summed E-state index contributed by atoms with van der Waals surface area (Å²) in [6.45, 7) is 19.4. The summed E-state index contributed by atoms with van der Waals surface area (Å²) in [5.41, 5.74) is 1.60. The summed E-state index contributed by atoms with van der Waals surface area (Å²) in [5.74, 6) is 2.34. The molecule has 2 atom stereocenters. The lowest BCUT2D eigenvalue weighted by Gasteiger charge is -2.47. The van der Waals surface area contributed by atoms with Crippen LogP contribution in [0.5, 0.6) is 17.2 Å². The molecule has 0 aliphatic carbocycles. The lowest BCUT2D eigenvalue weighted by molar-refractivity contribution is 0.341. The molecule has 0 saturated heterocycles. The van der Waals surface area contributed by atoms with Gasteiger partial charge in [0.05, 0.1) is 19.8 Å². The number of fused-ring (bicyclic) bond motifs is 1. The van der Waals surface area contributed by atoms with Crippen LogP contribution in [0.25, 0.3) is 11.1 Å². The van der Waals surface area contributed by atoms with E-state index in [-0.39, 0.29) is 10.7 Å². The molecule has 0 fully saturated rings. The van der Waals surface area contributed by atoms with Gasteiger partial charge in [-0.25, -0.2) is 0 Å². The minimum Gasteiger partial charge on any atom is -0.496 e. The van der Waals surface area contributed by atoms with E-state index < -0.39 is 25.4 Å². The maximum Gasteiger partial charge on any atom is 0.174 e. The van der Waals surface area contributed by atoms with Gasteiger partial charge in [0.15, 0.2) is 5.59 Å². The van der Waals surface area contributed by atoms with E-state index >= 15 is 4.57 Å². The highest BCUT2D eigenvalue weighted by Gasteiger charge is 2.60. The SMILES string of the molecule is COc1cccc(OC)c1-c1cccc2c1[P@@](C(C)(C)C)C(P(=O)(C(C)(C)C)C(C)(C)C)O2. The van der Waals surface area contributed by atoms with Crippen molar-refractivity contribution in [1.82, 2.24) is 0 Å². The first kappa shape index (κ1) is 26.1. The predicted molar refractivity (Wildman–Crippen MR) is 143 cm³/mol. The molecule has 0 bridgehead atoms. The van der Waals surface area contributed by atoms with Crippen LogP contribution in [0.1, 0.15) is 62.3 Å². The van der Waals surface area contributed by atoms with Crippen LogP contribution in [-0.4, -0.2) is 35.3 Å². The van der Waals surface area contributed by atoms with E-state index in [1.54, 1.807) is 14.2 Å². The molecule has 1 unspecified atom stereocenters. The van der Waals surface area contributed by atoms with Crippen molar-refractivity contribution in [2.45, 2.75) is 83.4 Å². The molecule has 2 aromatic rings. The first-order valence-electron chi connectivity index (χ1n) is 11.5. The van der Waals surface area contributed by atoms with Gasteiger partial charge in [-0.1, -0.05) is 80.5 Å². The summed E-state index contributed by atoms with van der Waals surface area (Å²) in [6, 6.07) is 12.0. The number of hydrogen-bond acceptors (Lipinski definition) is 4. The van der Waals surface area contributed by atoms with Crippen LogP contribution in [0, 0.1) is 0 Å². The largest absolute Gasteiger partial charge is 0.496 e. The third-order valence-electron chi connectivity index (χ3n) is 6.42. The van der Waals surface area contributed by atoms with Gasteiger partial charge in [-0.05, 0) is 31.3 Å². The van der Waals surface area contributed by atoms with Crippen molar-refractivity contribution >= 4 is 20.4 Å². The number of hydrogen-bond donors (Lipinski definition) is 0. The maximum absolute atomic E-state index is 15.1. The monoisotopic (exact) mass is 490 g/mol. The topological polar surface area (TPSA) is 44.8 Å². The van der Waals surface area contributed by atoms with Gasteiger partial charge in [-0.2, -0.15) is 0 Å². The van der Waals surface area contributed by atoms with Gasteiger partial charge >= 0.3 is 0 Å². The lowest BCUT2D eigenvalue weighted by atomic mass is 10.0. The summed E-state index contributed by atoms with van der Waals surface area (Å²) < 4.78 is 33.4. The van der Waals surface area contributed by atoms with Gasteiger partial charge in [-0.3, -0.25) is 0 Å². The fraction of sp³-hybridized carbons (Fsp3) is 0.556. The molecule has 6 heteroatoms. The van der Waals surface area contributed by atoms with E-state index in [4.69, 9.17) is 14.2 Å². The average Bonchev–Trinajstić information content (AvgIpc) is 3.11. The Kier molecular flexibility index (Phi) is 6.82. The Morgan fingerprint density at radius 3 is 1.73 bits per heavy atom. The number of rotatable bonds is 4. The van der Waals surface area contributed by atoms with Crippen LogP contribution in [0.4, 0.5) is 0 Å². The van der Waals surface area contributed by atoms with Crippen molar-refractivity contribution in [3.05, 3.63) is 36.4 Å². The quantitative estimate of drug-likeness (QED) is 0.409. The summed E-state index contributed by atoms with van der Waals surface area (Å²) in [7, 11) is -0.470. The van der Waals surface area contributed by atoms with E-state index in [1.807, 2.05) is 30.3 Å². The Balaban J connectivity index is 2.37. The van der Waals surface area contributed by atoms with Crippen molar-refractivity contribution in [3.8, 4) is 28.4 Å². The van der Waals surface area contributed by atoms with Gasteiger partial charge in [0.1, 0.15) is 24.4 Å². The van der Waals surface area contributed by atoms with E-state index in [2.05, 4.69) is 68.4 Å². The van der Waals surface area contributed by atoms with Gasteiger partial charge < -0.3 is 18.8 Å². The second-order valence-electron chi connectivity index (χ2n) is 11.7. The second-order valence-corrected chi connectivity index (χ2v) is 19.5. The average molecular weight is 491 g/mol. The molecule has 0 radical (unpaired) electrons. The fourth-order valence-corrected chi connectivity index (χ4v) is 16.0. The van der Waals surface area contributed by atoms with Gasteiger partial charge in [0, 0.05) is 21.2 Å². The predicted octanol–water partition coefficient (Wildman–Crippen LogP) is 7.91. The Morgan fingerprint density at radius 1 is 0.818 bits per heavy atom. The van der Waals surface area contributed by atoms with Crippen molar-refractivity contribution in [2.75, 3.05) is 14.2 Å². The van der Waals surface area contributed by atoms with Crippen LogP contribution in [0.3, 0.4) is 0 Å². The molecule has 0 spiro atoms. The first-order chi connectivity index (χ1) is 15.1. The highest BCUT2D eigenvalue weighted by atomic mass is 31.2. The molecule has 182 valence electrons. The van der Waals surface area contributed by atoms with Crippen LogP contribution < -0.4 is 19.5 Å². The van der Waals surface area contributed by atoms with Crippen LogP contribution in [-0.2, 0) is 4.57 Å². The second kappa shape index (κ2) is 8.62. The van der Waals surface area contributed by atoms with Crippen LogP contribution in [0.2, 0.25) is 0 Å². The summed E-state index contributed by atoms with van der Waals surface area (Å²) in [4.78, 5) is 0. The molecular formula is C27H40O4P2. The molecule has 1 aliphatic heterocycles. The Bertz CT molecular complexity index is 1030. The zero-order valence-corrected chi connectivity index (χ0v) is 23.9. The fourth-order valence-electron chi connectivity index (χ4n) is 5.03. The molecule has 0 N–H and O–H groups in total. The number of methoxy groups -OCH3 is 2. The lowest BCUT2D eigenvalue weighted by Crippen LogP contribution is -2.38. The normalized spacial score (nSPS) is 19.1. The van der Waals surface area contributed by atoms with Gasteiger partial charge in [0.2, 0.25) is 0 Å². The van der Waals surface area contributed by atoms with Gasteiger partial charge in [0.25, 0.3) is 0 Å². The van der Waals surface area contributed by atoms with Crippen LogP contribution in [0.15, 0.2) is 36.4 Å². The summed E-state index contributed by atoms with van der Waals surface area (Å²) in [6.07, 6.45) is 0. The van der Waals surface area contributed by atoms with E-state index in [0.717, 1.165) is 33.7 Å². The molecule has 3 rings (SSSR count). The van der Waals surface area contributed by atoms with Crippen molar-refractivity contribution < 1.29 is 18.8 Å². The van der Waals surface area contributed by atoms with Crippen molar-refractivity contribution in [1.29, 1.82) is 0 Å². The minimum absolute atomic E-state index is 0.122. The van der Waals surface area contributed by atoms with E-state index in [9.17, 15) is 0 Å². The van der Waals surface area contributed by atoms with E-state index in [0.29, 0.717) is 0 Å². The van der Waals surface area contributed by atoms with Crippen molar-refractivity contribution in [2.24, 2.45) is 0 Å². The molecule has 1 heterocycles. The van der Waals surface area contributed by atoms with E-state index in [1.165, 1.54) is 0 Å².